The van der Waals surface area contributed by atoms with Crippen LogP contribution in [0.15, 0.2) is 42.5 Å². The first kappa shape index (κ1) is 14.7. The fourth-order valence-corrected chi connectivity index (χ4v) is 2.14. The number of nitrogens with zero attached hydrogens (tertiary/aromatic N) is 1. The second-order valence-corrected chi connectivity index (χ2v) is 4.67. The number of carbonyl (C=O) groups is 1. The quantitative estimate of drug-likeness (QED) is 0.480. The molecule has 0 N–H and O–H groups in total. The lowest BCUT2D eigenvalue weighted by atomic mass is 9.98. The number of hydrogen-bond donors (Lipinski definition) is 0. The highest BCUT2D eigenvalue weighted by Gasteiger charge is 2.16. The van der Waals surface area contributed by atoms with Gasteiger partial charge in [0.2, 0.25) is 0 Å². The number of para-hydroxylation sites is 1. The monoisotopic (exact) mass is 285 g/mol. The topological polar surface area (TPSA) is 69.4 Å². The Bertz CT molecular complexity index is 694. The molecule has 0 aliphatic rings. The third-order valence-electron chi connectivity index (χ3n) is 3.28. The van der Waals surface area contributed by atoms with Crippen LogP contribution in [0.1, 0.15) is 21.5 Å². The van der Waals surface area contributed by atoms with Gasteiger partial charge in [-0.3, -0.25) is 14.9 Å². The van der Waals surface area contributed by atoms with Crippen LogP contribution in [0, 0.1) is 17.0 Å². The van der Waals surface area contributed by atoms with Crippen LogP contribution in [0.5, 0.6) is 5.75 Å². The Morgan fingerprint density at radius 3 is 2.62 bits per heavy atom. The molecule has 0 aliphatic heterocycles. The first-order chi connectivity index (χ1) is 10.0. The molecule has 108 valence electrons. The van der Waals surface area contributed by atoms with E-state index >= 15 is 0 Å². The molecule has 0 radical (unpaired) electrons. The highest BCUT2D eigenvalue weighted by atomic mass is 16.6. The molecule has 0 saturated carbocycles. The summed E-state index contributed by atoms with van der Waals surface area (Å²) in [6.07, 6.45) is 0.145. The largest absolute Gasteiger partial charge is 0.496 e. The molecule has 0 saturated heterocycles. The second-order valence-electron chi connectivity index (χ2n) is 4.67. The molecule has 0 heterocycles. The number of ether oxygens (including phenoxy) is 1. The molecule has 21 heavy (non-hydrogen) atoms. The van der Waals surface area contributed by atoms with E-state index in [9.17, 15) is 14.9 Å². The van der Waals surface area contributed by atoms with Gasteiger partial charge < -0.3 is 4.74 Å². The molecule has 0 amide bonds. The van der Waals surface area contributed by atoms with E-state index in [1.807, 2.05) is 18.2 Å². The van der Waals surface area contributed by atoms with Crippen molar-refractivity contribution in [3.63, 3.8) is 0 Å². The zero-order valence-electron chi connectivity index (χ0n) is 11.8. The van der Waals surface area contributed by atoms with E-state index in [1.54, 1.807) is 26.2 Å². The highest BCUT2D eigenvalue weighted by molar-refractivity contribution is 5.99. The Morgan fingerprint density at radius 2 is 1.95 bits per heavy atom. The molecular weight excluding hydrogens is 270 g/mol. The smallest absolute Gasteiger partial charge is 0.270 e. The van der Waals surface area contributed by atoms with Crippen LogP contribution >= 0.6 is 0 Å². The zero-order chi connectivity index (χ0) is 15.4. The fourth-order valence-electron chi connectivity index (χ4n) is 2.14. The number of nitro groups is 1. The zero-order valence-corrected chi connectivity index (χ0v) is 11.8. The van der Waals surface area contributed by atoms with Gasteiger partial charge in [0.15, 0.2) is 5.78 Å². The van der Waals surface area contributed by atoms with Gasteiger partial charge in [-0.1, -0.05) is 24.3 Å². The number of nitro benzene ring substituents is 1. The third-order valence-corrected chi connectivity index (χ3v) is 3.28. The Morgan fingerprint density at radius 1 is 1.24 bits per heavy atom. The van der Waals surface area contributed by atoms with E-state index < -0.39 is 4.92 Å². The summed E-state index contributed by atoms with van der Waals surface area (Å²) < 4.78 is 5.21. The minimum atomic E-state index is -0.501. The average Bonchev–Trinajstić information content (AvgIpc) is 2.47. The first-order valence-corrected chi connectivity index (χ1v) is 6.43. The number of rotatable bonds is 5. The molecule has 0 fully saturated rings. The standard InChI is InChI=1S/C16H15NO4/c1-11-7-8-13(17(19)20)10-14(11)15(18)9-12-5-3-4-6-16(12)21-2/h3-8,10H,9H2,1-2H3. The van der Waals surface area contributed by atoms with Crippen LogP contribution in [0.3, 0.4) is 0 Å². The lowest BCUT2D eigenvalue weighted by Crippen LogP contribution is -2.07. The van der Waals surface area contributed by atoms with Gasteiger partial charge in [0.25, 0.3) is 5.69 Å². The Hall–Kier alpha value is -2.69. The first-order valence-electron chi connectivity index (χ1n) is 6.43. The minimum absolute atomic E-state index is 0.0797. The van der Waals surface area contributed by atoms with Crippen molar-refractivity contribution in [1.29, 1.82) is 0 Å². The molecule has 5 heteroatoms. The third kappa shape index (κ3) is 3.25. The number of non-ortho nitro benzene ring substituents is 1. The van der Waals surface area contributed by atoms with Gasteiger partial charge in [0, 0.05) is 29.7 Å². The van der Waals surface area contributed by atoms with Gasteiger partial charge in [0.05, 0.1) is 12.0 Å². The molecule has 2 aromatic rings. The molecule has 5 nitrogen and oxygen atoms in total. The van der Waals surface area contributed by atoms with Crippen molar-refractivity contribution in [2.45, 2.75) is 13.3 Å². The molecule has 2 aromatic carbocycles. The number of aryl methyl sites for hydroxylation is 1. The van der Waals surface area contributed by atoms with Gasteiger partial charge in [-0.2, -0.15) is 0 Å². The molecule has 0 unspecified atom stereocenters. The van der Waals surface area contributed by atoms with Crippen LogP contribution in [-0.2, 0) is 6.42 Å². The van der Waals surface area contributed by atoms with E-state index in [-0.39, 0.29) is 17.9 Å². The van der Waals surface area contributed by atoms with Crippen LogP contribution in [0.2, 0.25) is 0 Å². The Balaban J connectivity index is 2.32. The molecule has 0 atom stereocenters. The van der Waals surface area contributed by atoms with Crippen molar-refractivity contribution in [1.82, 2.24) is 0 Å². The molecule has 2 rings (SSSR count). The summed E-state index contributed by atoms with van der Waals surface area (Å²) in [4.78, 5) is 22.7. The maximum Gasteiger partial charge on any atom is 0.270 e. The van der Waals surface area contributed by atoms with Crippen LogP contribution in [0.25, 0.3) is 0 Å². The number of Topliss-reactive ketones (excluding diaryl/α,β-unsaturated/α-hetero) is 1. The van der Waals surface area contributed by atoms with Crippen molar-refractivity contribution >= 4 is 11.5 Å². The fraction of sp³-hybridized carbons (Fsp3) is 0.188. The van der Waals surface area contributed by atoms with Crippen molar-refractivity contribution in [3.8, 4) is 5.75 Å². The summed E-state index contributed by atoms with van der Waals surface area (Å²) in [5.74, 6) is 0.467. The van der Waals surface area contributed by atoms with Crippen LogP contribution < -0.4 is 4.74 Å². The van der Waals surface area contributed by atoms with Gasteiger partial charge in [0.1, 0.15) is 5.75 Å². The van der Waals surface area contributed by atoms with Gasteiger partial charge in [-0.05, 0) is 18.6 Å². The lowest BCUT2D eigenvalue weighted by molar-refractivity contribution is -0.384. The Labute approximate surface area is 122 Å². The molecule has 0 spiro atoms. The summed E-state index contributed by atoms with van der Waals surface area (Å²) in [5.41, 5.74) is 1.77. The summed E-state index contributed by atoms with van der Waals surface area (Å²) in [6, 6.07) is 11.6. The predicted molar refractivity (Wildman–Crippen MR) is 78.9 cm³/mol. The van der Waals surface area contributed by atoms with E-state index in [4.69, 9.17) is 4.74 Å². The normalized spacial score (nSPS) is 10.2. The van der Waals surface area contributed by atoms with Crippen LogP contribution in [0.4, 0.5) is 5.69 Å². The highest BCUT2D eigenvalue weighted by Crippen LogP contribution is 2.22. The number of ketones is 1. The van der Waals surface area contributed by atoms with E-state index in [0.717, 1.165) is 11.1 Å². The van der Waals surface area contributed by atoms with Crippen molar-refractivity contribution < 1.29 is 14.5 Å². The van der Waals surface area contributed by atoms with Crippen molar-refractivity contribution in [2.24, 2.45) is 0 Å². The predicted octanol–water partition coefficient (Wildman–Crippen LogP) is 3.34. The summed E-state index contributed by atoms with van der Waals surface area (Å²) >= 11 is 0. The van der Waals surface area contributed by atoms with Gasteiger partial charge >= 0.3 is 0 Å². The molecule has 0 bridgehead atoms. The summed E-state index contributed by atoms with van der Waals surface area (Å²) in [7, 11) is 1.54. The van der Waals surface area contributed by atoms with Crippen LogP contribution in [-0.4, -0.2) is 17.8 Å². The summed E-state index contributed by atoms with van der Waals surface area (Å²) in [6.45, 7) is 1.76. The average molecular weight is 285 g/mol. The summed E-state index contributed by atoms with van der Waals surface area (Å²) in [5, 5.41) is 10.8. The van der Waals surface area contributed by atoms with Gasteiger partial charge in [-0.25, -0.2) is 0 Å². The number of methoxy groups -OCH3 is 1. The SMILES string of the molecule is COc1ccccc1CC(=O)c1cc([N+](=O)[O-])ccc1C. The van der Waals surface area contributed by atoms with Crippen molar-refractivity contribution in [2.75, 3.05) is 7.11 Å². The second kappa shape index (κ2) is 6.17. The van der Waals surface area contributed by atoms with Gasteiger partial charge in [-0.15, -0.1) is 0 Å². The molecular formula is C16H15NO4. The van der Waals surface area contributed by atoms with Crippen molar-refractivity contribution in [3.05, 3.63) is 69.3 Å². The lowest BCUT2D eigenvalue weighted by Gasteiger charge is -2.09. The Kier molecular flexibility index (Phi) is 4.33. The number of carbonyl (C=O) groups excluding carboxylic acids is 1. The van der Waals surface area contributed by atoms with E-state index in [1.165, 1.54) is 12.1 Å². The number of hydrogen-bond acceptors (Lipinski definition) is 4. The molecule has 0 aliphatic carbocycles. The van der Waals surface area contributed by atoms with E-state index in [0.29, 0.717) is 11.3 Å². The van der Waals surface area contributed by atoms with E-state index in [2.05, 4.69) is 0 Å². The maximum atomic E-state index is 12.4. The molecule has 0 aromatic heterocycles. The number of benzene rings is 2. The minimum Gasteiger partial charge on any atom is -0.496 e. The maximum absolute atomic E-state index is 12.4.